The van der Waals surface area contributed by atoms with E-state index >= 15 is 0 Å². The Morgan fingerprint density at radius 2 is 1.59 bits per heavy atom. The molecule has 2 atom stereocenters. The van der Waals surface area contributed by atoms with Gasteiger partial charge in [0.15, 0.2) is 12.6 Å². The number of carbonyl (C=O) groups excluding carboxylic acids is 2. The van der Waals surface area contributed by atoms with Gasteiger partial charge < -0.3 is 20.3 Å². The van der Waals surface area contributed by atoms with Crippen LogP contribution in [-0.2, 0) is 9.59 Å². The zero-order valence-corrected chi connectivity index (χ0v) is 16.9. The number of benzene rings is 3. The molecule has 3 rings (SSSR count). The fraction of sp³-hybridized carbons (Fsp3) is 0.217. The van der Waals surface area contributed by atoms with Crippen LogP contribution < -0.4 is 20.3 Å². The molecule has 0 aliphatic rings. The van der Waals surface area contributed by atoms with Gasteiger partial charge in [-0.15, -0.1) is 0 Å². The van der Waals surface area contributed by atoms with E-state index in [9.17, 15) is 9.59 Å². The largest absolute Gasteiger partial charge is 0.497 e. The maximum atomic E-state index is 12.6. The van der Waals surface area contributed by atoms with Crippen LogP contribution in [0.15, 0.2) is 66.7 Å². The zero-order chi connectivity index (χ0) is 20.8. The summed E-state index contributed by atoms with van der Waals surface area (Å²) in [4.78, 5) is 25.7. The molecule has 0 fully saturated rings. The summed E-state index contributed by atoms with van der Waals surface area (Å²) >= 11 is 0. The van der Waals surface area contributed by atoms with E-state index in [-0.39, 0.29) is 24.4 Å². The van der Waals surface area contributed by atoms with Gasteiger partial charge in [-0.1, -0.05) is 30.3 Å². The Morgan fingerprint density at radius 1 is 0.931 bits per heavy atom. The van der Waals surface area contributed by atoms with Crippen LogP contribution in [-0.4, -0.2) is 38.6 Å². The average Bonchev–Trinajstić information content (AvgIpc) is 2.73. The quantitative estimate of drug-likeness (QED) is 0.578. The first kappa shape index (κ1) is 20.4. The summed E-state index contributed by atoms with van der Waals surface area (Å²) in [5.74, 6) is 0.442. The fourth-order valence-corrected chi connectivity index (χ4v) is 3.03. The van der Waals surface area contributed by atoms with Crippen molar-refractivity contribution in [1.82, 2.24) is 0 Å². The third-order valence-corrected chi connectivity index (χ3v) is 4.96. The number of hydrogen-bond donors (Lipinski definition) is 3. The summed E-state index contributed by atoms with van der Waals surface area (Å²) in [7, 11) is 3.43. The van der Waals surface area contributed by atoms with Crippen LogP contribution in [0.1, 0.15) is 6.92 Å². The molecular formula is C23H26N3O3+. The van der Waals surface area contributed by atoms with Gasteiger partial charge in [-0.25, -0.2) is 0 Å². The second-order valence-corrected chi connectivity index (χ2v) is 7.07. The van der Waals surface area contributed by atoms with E-state index in [0.717, 1.165) is 27.1 Å². The van der Waals surface area contributed by atoms with Crippen molar-refractivity contribution in [1.29, 1.82) is 0 Å². The molecule has 1 unspecified atom stereocenters. The summed E-state index contributed by atoms with van der Waals surface area (Å²) < 4.78 is 5.11. The molecule has 6 heteroatoms. The van der Waals surface area contributed by atoms with Crippen LogP contribution in [0.3, 0.4) is 0 Å². The molecule has 150 valence electrons. The molecule has 0 spiro atoms. The van der Waals surface area contributed by atoms with Crippen LogP contribution in [0, 0.1) is 0 Å². The lowest BCUT2D eigenvalue weighted by atomic mass is 10.1. The van der Waals surface area contributed by atoms with Gasteiger partial charge in [0.25, 0.3) is 11.8 Å². The zero-order valence-electron chi connectivity index (χ0n) is 16.9. The smallest absolute Gasteiger partial charge is 0.282 e. The van der Waals surface area contributed by atoms with E-state index in [4.69, 9.17) is 4.74 Å². The number of likely N-dealkylation sites (N-methyl/N-ethyl adjacent to an activating group) is 1. The third kappa shape index (κ3) is 5.33. The van der Waals surface area contributed by atoms with E-state index in [1.807, 2.05) is 56.4 Å². The monoisotopic (exact) mass is 392 g/mol. The third-order valence-electron chi connectivity index (χ3n) is 4.96. The van der Waals surface area contributed by atoms with Gasteiger partial charge in [0.05, 0.1) is 14.2 Å². The van der Waals surface area contributed by atoms with Crippen molar-refractivity contribution in [3.8, 4) is 5.75 Å². The predicted molar refractivity (Wildman–Crippen MR) is 115 cm³/mol. The SMILES string of the molecule is COc1ccc(NC(=O)C[NH+](C)[C@@H](C)C(=O)Nc2ccc3ccccc3c2)cc1. The van der Waals surface area contributed by atoms with Crippen molar-refractivity contribution in [2.75, 3.05) is 31.3 Å². The van der Waals surface area contributed by atoms with Gasteiger partial charge in [0, 0.05) is 11.4 Å². The molecule has 0 bridgehead atoms. The first-order valence-corrected chi connectivity index (χ1v) is 9.52. The van der Waals surface area contributed by atoms with Gasteiger partial charge in [-0.2, -0.15) is 0 Å². The highest BCUT2D eigenvalue weighted by Crippen LogP contribution is 2.19. The number of rotatable bonds is 7. The Morgan fingerprint density at radius 3 is 2.28 bits per heavy atom. The van der Waals surface area contributed by atoms with Gasteiger partial charge in [0.1, 0.15) is 5.75 Å². The molecule has 3 N–H and O–H groups in total. The number of methoxy groups -OCH3 is 1. The van der Waals surface area contributed by atoms with E-state index in [2.05, 4.69) is 10.6 Å². The molecule has 0 saturated heterocycles. The maximum Gasteiger partial charge on any atom is 0.282 e. The van der Waals surface area contributed by atoms with Crippen molar-refractivity contribution in [3.05, 3.63) is 66.7 Å². The van der Waals surface area contributed by atoms with Gasteiger partial charge in [0.2, 0.25) is 0 Å². The molecule has 0 heterocycles. The maximum absolute atomic E-state index is 12.6. The summed E-state index contributed by atoms with van der Waals surface area (Å²) in [5.41, 5.74) is 1.44. The van der Waals surface area contributed by atoms with E-state index < -0.39 is 0 Å². The number of quaternary nitrogens is 1. The average molecular weight is 392 g/mol. The summed E-state index contributed by atoms with van der Waals surface area (Å²) in [6.45, 7) is 1.99. The minimum Gasteiger partial charge on any atom is -0.497 e. The highest BCUT2D eigenvalue weighted by atomic mass is 16.5. The highest BCUT2D eigenvalue weighted by molar-refractivity contribution is 5.96. The predicted octanol–water partition coefficient (Wildman–Crippen LogP) is 2.33. The first-order chi connectivity index (χ1) is 14.0. The number of anilines is 2. The second kappa shape index (κ2) is 9.21. The van der Waals surface area contributed by atoms with Crippen molar-refractivity contribution >= 4 is 34.0 Å². The van der Waals surface area contributed by atoms with Crippen LogP contribution in [0.25, 0.3) is 10.8 Å². The minimum atomic E-state index is -0.386. The van der Waals surface area contributed by atoms with Gasteiger partial charge in [-0.3, -0.25) is 9.59 Å². The van der Waals surface area contributed by atoms with Crippen LogP contribution >= 0.6 is 0 Å². The number of hydrogen-bond acceptors (Lipinski definition) is 3. The number of ether oxygens (including phenoxy) is 1. The van der Waals surface area contributed by atoms with E-state index in [1.54, 1.807) is 31.4 Å². The molecule has 0 aliphatic heterocycles. The molecule has 0 aromatic heterocycles. The standard InChI is InChI=1S/C23H25N3O3/c1-16(23(28)25-20-9-8-17-6-4-5-7-18(17)14-20)26(2)15-22(27)24-19-10-12-21(29-3)13-11-19/h4-14,16H,15H2,1-3H3,(H,24,27)(H,25,28)/p+1/t16-/m0/s1. The second-order valence-electron chi connectivity index (χ2n) is 7.07. The summed E-state index contributed by atoms with van der Waals surface area (Å²) in [6, 6.07) is 20.6. The highest BCUT2D eigenvalue weighted by Gasteiger charge is 2.24. The Kier molecular flexibility index (Phi) is 6.46. The number of nitrogens with one attached hydrogen (secondary N) is 3. The number of fused-ring (bicyclic) bond motifs is 1. The first-order valence-electron chi connectivity index (χ1n) is 9.52. The van der Waals surface area contributed by atoms with Crippen molar-refractivity contribution in [3.63, 3.8) is 0 Å². The topological polar surface area (TPSA) is 71.9 Å². The van der Waals surface area contributed by atoms with Crippen LogP contribution in [0.2, 0.25) is 0 Å². The molecule has 3 aromatic rings. The summed E-state index contributed by atoms with van der Waals surface area (Å²) in [6.07, 6.45) is 0. The molecule has 0 aliphatic carbocycles. The Bertz CT molecular complexity index is 1000. The molecule has 2 amide bonds. The Hall–Kier alpha value is -3.38. The Labute approximate surface area is 170 Å². The normalized spacial score (nSPS) is 12.8. The molecule has 0 saturated carbocycles. The molecular weight excluding hydrogens is 366 g/mol. The fourth-order valence-electron chi connectivity index (χ4n) is 3.03. The lowest BCUT2D eigenvalue weighted by Gasteiger charge is -2.20. The molecule has 29 heavy (non-hydrogen) atoms. The molecule has 6 nitrogen and oxygen atoms in total. The molecule has 0 radical (unpaired) electrons. The number of amides is 2. The lowest BCUT2D eigenvalue weighted by molar-refractivity contribution is -0.885. The number of carbonyl (C=O) groups is 2. The van der Waals surface area contributed by atoms with Crippen LogP contribution in [0.4, 0.5) is 11.4 Å². The van der Waals surface area contributed by atoms with Crippen molar-refractivity contribution in [2.45, 2.75) is 13.0 Å². The van der Waals surface area contributed by atoms with Crippen molar-refractivity contribution in [2.24, 2.45) is 0 Å². The summed E-state index contributed by atoms with van der Waals surface area (Å²) in [5, 5.41) is 7.97. The Balaban J connectivity index is 1.55. The van der Waals surface area contributed by atoms with Gasteiger partial charge >= 0.3 is 0 Å². The lowest BCUT2D eigenvalue weighted by Crippen LogP contribution is -3.14. The van der Waals surface area contributed by atoms with E-state index in [0.29, 0.717) is 5.69 Å². The van der Waals surface area contributed by atoms with Gasteiger partial charge in [-0.05, 0) is 54.1 Å². The molecule has 3 aromatic carbocycles. The van der Waals surface area contributed by atoms with Crippen LogP contribution in [0.5, 0.6) is 5.75 Å². The van der Waals surface area contributed by atoms with Crippen molar-refractivity contribution < 1.29 is 19.2 Å². The van der Waals surface area contributed by atoms with E-state index in [1.165, 1.54) is 0 Å². The minimum absolute atomic E-state index is 0.130.